The normalized spacial score (nSPS) is 21.0. The van der Waals surface area contributed by atoms with E-state index in [0.717, 1.165) is 31.5 Å². The Balaban J connectivity index is 1.74. The molecule has 2 aliphatic heterocycles. The van der Waals surface area contributed by atoms with Crippen LogP contribution in [0, 0.1) is 6.92 Å². The van der Waals surface area contributed by atoms with E-state index in [9.17, 15) is 9.90 Å². The lowest BCUT2D eigenvalue weighted by Crippen LogP contribution is -2.40. The molecule has 0 radical (unpaired) electrons. The van der Waals surface area contributed by atoms with E-state index in [4.69, 9.17) is 9.72 Å². The maximum Gasteiger partial charge on any atom is 0.263 e. The zero-order valence-corrected chi connectivity index (χ0v) is 19.3. The number of hydrogen-bond acceptors (Lipinski definition) is 5. The molecule has 2 aliphatic rings. The van der Waals surface area contributed by atoms with Gasteiger partial charge in [0.1, 0.15) is 0 Å². The number of aliphatic hydroxyl groups excluding tert-OH is 1. The van der Waals surface area contributed by atoms with Crippen molar-refractivity contribution in [1.29, 1.82) is 0 Å². The van der Waals surface area contributed by atoms with Gasteiger partial charge in [0, 0.05) is 31.3 Å². The summed E-state index contributed by atoms with van der Waals surface area (Å²) < 4.78 is 7.85. The van der Waals surface area contributed by atoms with Crippen LogP contribution in [0.2, 0.25) is 0 Å². The topological polar surface area (TPSA) is 67.6 Å². The largest absolute Gasteiger partial charge is 0.389 e. The highest BCUT2D eigenvalue weighted by atomic mass is 16.5. The molecule has 168 valence electrons. The van der Waals surface area contributed by atoms with Crippen molar-refractivity contribution < 1.29 is 9.84 Å². The molecule has 1 N–H and O–H groups in total. The fraction of sp³-hybridized carbons (Fsp3) is 0.462. The Morgan fingerprint density at radius 2 is 1.88 bits per heavy atom. The van der Waals surface area contributed by atoms with Crippen LogP contribution in [0.1, 0.15) is 68.0 Å². The zero-order chi connectivity index (χ0) is 22.6. The van der Waals surface area contributed by atoms with Crippen LogP contribution >= 0.6 is 0 Å². The smallest absolute Gasteiger partial charge is 0.263 e. The van der Waals surface area contributed by atoms with Crippen LogP contribution < -0.4 is 10.5 Å². The van der Waals surface area contributed by atoms with Gasteiger partial charge in [-0.3, -0.25) is 9.36 Å². The molecular weight excluding hydrogens is 402 g/mol. The molecule has 32 heavy (non-hydrogen) atoms. The monoisotopic (exact) mass is 433 g/mol. The molecule has 0 saturated carbocycles. The third-order valence-electron chi connectivity index (χ3n) is 6.77. The Morgan fingerprint density at radius 3 is 2.50 bits per heavy atom. The SMILES string of the molecule is Cc1cc(C(C)O)c2nc(N3Cc4ccccc4C3)n(C3CCOC(C)(C)C3)c(=O)c2c1. The lowest BCUT2D eigenvalue weighted by Gasteiger charge is -2.38. The number of aryl methyl sites for hydroxylation is 1. The van der Waals surface area contributed by atoms with E-state index in [1.54, 1.807) is 6.92 Å². The molecule has 6 heteroatoms. The third-order valence-corrected chi connectivity index (χ3v) is 6.77. The van der Waals surface area contributed by atoms with Crippen LogP contribution in [-0.4, -0.2) is 26.9 Å². The minimum atomic E-state index is -0.703. The Hall–Kier alpha value is -2.70. The van der Waals surface area contributed by atoms with Gasteiger partial charge in [-0.2, -0.15) is 0 Å². The predicted octanol–water partition coefficient (Wildman–Crippen LogP) is 4.41. The van der Waals surface area contributed by atoms with E-state index < -0.39 is 6.10 Å². The van der Waals surface area contributed by atoms with E-state index >= 15 is 0 Å². The number of aromatic nitrogens is 2. The zero-order valence-electron chi connectivity index (χ0n) is 19.3. The Kier molecular flexibility index (Phi) is 5.10. The van der Waals surface area contributed by atoms with E-state index in [1.807, 2.05) is 23.6 Å². The van der Waals surface area contributed by atoms with E-state index in [2.05, 4.69) is 43.0 Å². The van der Waals surface area contributed by atoms with Crippen molar-refractivity contribution in [1.82, 2.24) is 9.55 Å². The predicted molar refractivity (Wildman–Crippen MR) is 126 cm³/mol. The molecule has 1 saturated heterocycles. The molecule has 0 aliphatic carbocycles. The number of hydrogen-bond donors (Lipinski definition) is 1. The Bertz CT molecular complexity index is 1220. The van der Waals surface area contributed by atoms with Crippen LogP contribution in [0.25, 0.3) is 10.9 Å². The van der Waals surface area contributed by atoms with E-state index in [0.29, 0.717) is 29.0 Å². The summed E-state index contributed by atoms with van der Waals surface area (Å²) in [5, 5.41) is 11.0. The van der Waals surface area contributed by atoms with Crippen LogP contribution in [0.3, 0.4) is 0 Å². The summed E-state index contributed by atoms with van der Waals surface area (Å²) in [5.74, 6) is 0.687. The summed E-state index contributed by atoms with van der Waals surface area (Å²) in [4.78, 5) is 21.3. The van der Waals surface area contributed by atoms with Gasteiger partial charge >= 0.3 is 0 Å². The molecule has 5 rings (SSSR count). The molecule has 3 aromatic rings. The fourth-order valence-corrected chi connectivity index (χ4v) is 5.23. The van der Waals surface area contributed by atoms with Gasteiger partial charge in [0.2, 0.25) is 5.95 Å². The van der Waals surface area contributed by atoms with Gasteiger partial charge in [-0.1, -0.05) is 30.3 Å². The molecule has 3 heterocycles. The van der Waals surface area contributed by atoms with Crippen LogP contribution in [0.15, 0.2) is 41.2 Å². The van der Waals surface area contributed by atoms with Gasteiger partial charge in [-0.25, -0.2) is 4.98 Å². The second-order valence-corrected chi connectivity index (χ2v) is 9.89. The number of benzene rings is 2. The molecule has 0 bridgehead atoms. The summed E-state index contributed by atoms with van der Waals surface area (Å²) in [6, 6.07) is 12.2. The third kappa shape index (κ3) is 3.61. The first-order valence-corrected chi connectivity index (χ1v) is 11.4. The summed E-state index contributed by atoms with van der Waals surface area (Å²) in [6.07, 6.45) is 0.827. The fourth-order valence-electron chi connectivity index (χ4n) is 5.23. The Labute approximate surface area is 188 Å². The van der Waals surface area contributed by atoms with Gasteiger partial charge < -0.3 is 14.7 Å². The standard InChI is InChI=1S/C26H31N3O3/c1-16-11-21(17(2)30)23-22(12-16)24(31)29(20-9-10-32-26(3,4)13-20)25(27-23)28-14-18-7-5-6-8-19(18)15-28/h5-8,11-12,17,20,30H,9-10,13-15H2,1-4H3. The number of rotatable bonds is 3. The lowest BCUT2D eigenvalue weighted by molar-refractivity contribution is -0.0693. The second-order valence-electron chi connectivity index (χ2n) is 9.89. The van der Waals surface area contributed by atoms with Crippen molar-refractivity contribution in [3.8, 4) is 0 Å². The summed E-state index contributed by atoms with van der Waals surface area (Å²) in [6.45, 7) is 9.91. The highest BCUT2D eigenvalue weighted by molar-refractivity contribution is 5.83. The van der Waals surface area contributed by atoms with Crippen LogP contribution in [0.4, 0.5) is 5.95 Å². The van der Waals surface area contributed by atoms with Crippen molar-refractivity contribution in [2.45, 2.75) is 71.4 Å². The highest BCUT2D eigenvalue weighted by Crippen LogP contribution is 2.36. The molecule has 0 spiro atoms. The average Bonchev–Trinajstić information content (AvgIpc) is 3.17. The first-order valence-electron chi connectivity index (χ1n) is 11.4. The van der Waals surface area contributed by atoms with Crippen molar-refractivity contribution in [2.75, 3.05) is 11.5 Å². The number of anilines is 1. The van der Waals surface area contributed by atoms with E-state index in [-0.39, 0.29) is 17.2 Å². The molecular formula is C26H31N3O3. The maximum atomic E-state index is 14.0. The number of nitrogens with zero attached hydrogens (tertiary/aromatic N) is 3. The highest BCUT2D eigenvalue weighted by Gasteiger charge is 2.34. The molecule has 0 amide bonds. The van der Waals surface area contributed by atoms with E-state index in [1.165, 1.54) is 11.1 Å². The summed E-state index contributed by atoms with van der Waals surface area (Å²) in [7, 11) is 0. The minimum absolute atomic E-state index is 0.0115. The first kappa shape index (κ1) is 21.2. The minimum Gasteiger partial charge on any atom is -0.389 e. The van der Waals surface area contributed by atoms with Crippen molar-refractivity contribution >= 4 is 16.9 Å². The van der Waals surface area contributed by atoms with Gasteiger partial charge in [-0.15, -0.1) is 0 Å². The quantitative estimate of drug-likeness (QED) is 0.663. The summed E-state index contributed by atoms with van der Waals surface area (Å²) in [5.41, 5.74) is 4.46. The molecule has 2 atom stereocenters. The molecule has 2 aromatic carbocycles. The maximum absolute atomic E-state index is 14.0. The molecule has 1 fully saturated rings. The van der Waals surface area contributed by atoms with Gasteiger partial charge in [0.15, 0.2) is 0 Å². The van der Waals surface area contributed by atoms with Crippen molar-refractivity contribution in [3.05, 3.63) is 69.0 Å². The summed E-state index contributed by atoms with van der Waals surface area (Å²) >= 11 is 0. The molecule has 6 nitrogen and oxygen atoms in total. The van der Waals surface area contributed by atoms with Crippen molar-refractivity contribution in [2.24, 2.45) is 0 Å². The number of ether oxygens (including phenoxy) is 1. The first-order chi connectivity index (χ1) is 15.2. The van der Waals surface area contributed by atoms with Gasteiger partial charge in [-0.05, 0) is 63.3 Å². The Morgan fingerprint density at radius 1 is 1.19 bits per heavy atom. The number of aliphatic hydroxyl groups is 1. The van der Waals surface area contributed by atoms with Gasteiger partial charge in [0.25, 0.3) is 5.56 Å². The number of fused-ring (bicyclic) bond motifs is 2. The van der Waals surface area contributed by atoms with Crippen LogP contribution in [0.5, 0.6) is 0 Å². The van der Waals surface area contributed by atoms with Crippen molar-refractivity contribution in [3.63, 3.8) is 0 Å². The lowest BCUT2D eigenvalue weighted by atomic mass is 9.93. The molecule has 2 unspecified atom stereocenters. The molecule has 1 aromatic heterocycles. The van der Waals surface area contributed by atoms with Crippen LogP contribution in [-0.2, 0) is 17.8 Å². The van der Waals surface area contributed by atoms with Gasteiger partial charge in [0.05, 0.1) is 22.6 Å². The second kappa shape index (κ2) is 7.71. The average molecular weight is 434 g/mol.